The van der Waals surface area contributed by atoms with Crippen molar-refractivity contribution in [2.45, 2.75) is 52.6 Å². The van der Waals surface area contributed by atoms with Crippen LogP contribution in [-0.4, -0.2) is 32.1 Å². The van der Waals surface area contributed by atoms with E-state index in [1.54, 1.807) is 0 Å². The molecule has 2 heteroatoms. The molecule has 0 fully saturated rings. The molecule has 0 saturated heterocycles. The van der Waals surface area contributed by atoms with Crippen molar-refractivity contribution in [3.63, 3.8) is 0 Å². The normalized spacial score (nSPS) is 16.0. The second-order valence-electron chi connectivity index (χ2n) is 6.33. The van der Waals surface area contributed by atoms with Crippen molar-refractivity contribution in [3.8, 4) is 0 Å². The van der Waals surface area contributed by atoms with E-state index in [0.29, 0.717) is 5.92 Å². The van der Waals surface area contributed by atoms with Crippen LogP contribution in [0.5, 0.6) is 0 Å². The van der Waals surface area contributed by atoms with Crippen LogP contribution in [0.15, 0.2) is 24.3 Å². The van der Waals surface area contributed by atoms with Gasteiger partial charge in [0.25, 0.3) is 0 Å². The Morgan fingerprint density at radius 3 is 2.38 bits per heavy atom. The maximum absolute atomic E-state index is 6.50. The molecule has 0 heterocycles. The van der Waals surface area contributed by atoms with Crippen molar-refractivity contribution >= 4 is 0 Å². The predicted molar refractivity (Wildman–Crippen MR) is 91.7 cm³/mol. The van der Waals surface area contributed by atoms with Gasteiger partial charge < -0.3 is 9.64 Å². The largest absolute Gasteiger partial charge is 0.370 e. The van der Waals surface area contributed by atoms with Gasteiger partial charge in [0.2, 0.25) is 0 Å². The van der Waals surface area contributed by atoms with E-state index in [4.69, 9.17) is 4.74 Å². The zero-order valence-electron chi connectivity index (χ0n) is 14.8. The molecule has 0 aromatic heterocycles. The maximum atomic E-state index is 6.50. The first-order valence-corrected chi connectivity index (χ1v) is 8.35. The first kappa shape index (κ1) is 18.2. The lowest BCUT2D eigenvalue weighted by molar-refractivity contribution is -0.103. The fraction of sp³-hybridized carbons (Fsp3) is 0.684. The molecule has 0 aliphatic carbocycles. The molecule has 0 saturated carbocycles. The van der Waals surface area contributed by atoms with E-state index in [0.717, 1.165) is 32.4 Å². The summed E-state index contributed by atoms with van der Waals surface area (Å²) in [7, 11) is 4.30. The molecule has 1 aromatic carbocycles. The second-order valence-corrected chi connectivity index (χ2v) is 6.33. The van der Waals surface area contributed by atoms with Crippen LogP contribution in [-0.2, 0) is 10.3 Å². The van der Waals surface area contributed by atoms with Crippen LogP contribution in [0.4, 0.5) is 0 Å². The monoisotopic (exact) mass is 291 g/mol. The minimum Gasteiger partial charge on any atom is -0.370 e. The molecule has 2 atom stereocenters. The third-order valence-electron chi connectivity index (χ3n) is 4.33. The lowest BCUT2D eigenvalue weighted by Crippen LogP contribution is -2.42. The van der Waals surface area contributed by atoms with Gasteiger partial charge in [0, 0.05) is 19.1 Å². The van der Waals surface area contributed by atoms with Gasteiger partial charge in [-0.2, -0.15) is 0 Å². The van der Waals surface area contributed by atoms with Crippen molar-refractivity contribution in [3.05, 3.63) is 35.4 Å². The lowest BCUT2D eigenvalue weighted by atomic mass is 9.76. The third kappa shape index (κ3) is 4.55. The van der Waals surface area contributed by atoms with Crippen LogP contribution in [0, 0.1) is 12.8 Å². The van der Waals surface area contributed by atoms with Crippen LogP contribution in [0.1, 0.15) is 51.2 Å². The van der Waals surface area contributed by atoms with Crippen molar-refractivity contribution in [2.24, 2.45) is 5.92 Å². The average molecular weight is 291 g/mol. The zero-order chi connectivity index (χ0) is 15.9. The van der Waals surface area contributed by atoms with Gasteiger partial charge in [0.05, 0.1) is 5.60 Å². The number of ether oxygens (including phenoxy) is 1. The Kier molecular flexibility index (Phi) is 7.41. The highest BCUT2D eigenvalue weighted by molar-refractivity contribution is 5.28. The molecule has 1 unspecified atom stereocenters. The van der Waals surface area contributed by atoms with E-state index in [2.05, 4.69) is 71.0 Å². The molecular weight excluding hydrogens is 258 g/mol. The van der Waals surface area contributed by atoms with Crippen molar-refractivity contribution in [2.75, 3.05) is 27.2 Å². The van der Waals surface area contributed by atoms with E-state index >= 15 is 0 Å². The number of nitrogens with zero attached hydrogens (tertiary/aromatic N) is 1. The van der Waals surface area contributed by atoms with Crippen LogP contribution in [0.25, 0.3) is 0 Å². The van der Waals surface area contributed by atoms with E-state index in [1.807, 2.05) is 0 Å². The van der Waals surface area contributed by atoms with Crippen molar-refractivity contribution < 1.29 is 4.74 Å². The highest BCUT2D eigenvalue weighted by atomic mass is 16.5. The van der Waals surface area contributed by atoms with Crippen LogP contribution < -0.4 is 0 Å². The van der Waals surface area contributed by atoms with Crippen LogP contribution >= 0.6 is 0 Å². The topological polar surface area (TPSA) is 12.5 Å². The maximum Gasteiger partial charge on any atom is 0.0968 e. The molecule has 0 aliphatic rings. The lowest BCUT2D eigenvalue weighted by Gasteiger charge is -2.42. The van der Waals surface area contributed by atoms with E-state index in [9.17, 15) is 0 Å². The molecule has 0 spiro atoms. The number of hydrogen-bond donors (Lipinski definition) is 0. The van der Waals surface area contributed by atoms with Crippen molar-refractivity contribution in [1.82, 2.24) is 4.90 Å². The Hall–Kier alpha value is -0.860. The number of benzene rings is 1. The Bertz CT molecular complexity index is 416. The Labute approximate surface area is 131 Å². The SMILES string of the molecule is CCCO[C@@](CC)(c1cccc(C)c1)C(CC)CN(C)C. The number of hydrogen-bond acceptors (Lipinski definition) is 2. The summed E-state index contributed by atoms with van der Waals surface area (Å²) in [6, 6.07) is 8.87. The van der Waals surface area contributed by atoms with Gasteiger partial charge in [0.15, 0.2) is 0 Å². The van der Waals surface area contributed by atoms with E-state index in [1.165, 1.54) is 11.1 Å². The standard InChI is InChI=1S/C19H33NO/c1-7-13-21-19(9-3,17(8-2)15-20(5)6)18-12-10-11-16(4)14-18/h10-12,14,17H,7-9,13,15H2,1-6H3/t17?,19-/m1/s1. The fourth-order valence-electron chi connectivity index (χ4n) is 3.27. The van der Waals surface area contributed by atoms with E-state index in [-0.39, 0.29) is 5.60 Å². The summed E-state index contributed by atoms with van der Waals surface area (Å²) in [5.41, 5.74) is 2.48. The first-order valence-electron chi connectivity index (χ1n) is 8.35. The van der Waals surface area contributed by atoms with Gasteiger partial charge in [-0.1, -0.05) is 50.6 Å². The van der Waals surface area contributed by atoms with E-state index < -0.39 is 0 Å². The second kappa shape index (κ2) is 8.55. The molecule has 0 radical (unpaired) electrons. The molecule has 120 valence electrons. The summed E-state index contributed by atoms with van der Waals surface area (Å²) in [5.74, 6) is 0.505. The van der Waals surface area contributed by atoms with Gasteiger partial charge in [-0.15, -0.1) is 0 Å². The molecule has 1 aromatic rings. The summed E-state index contributed by atoms with van der Waals surface area (Å²) in [6.45, 7) is 10.8. The van der Waals surface area contributed by atoms with Crippen molar-refractivity contribution in [1.29, 1.82) is 0 Å². The molecule has 0 aliphatic heterocycles. The summed E-state index contributed by atoms with van der Waals surface area (Å²) < 4.78 is 6.50. The van der Waals surface area contributed by atoms with Crippen LogP contribution in [0.2, 0.25) is 0 Å². The molecule has 0 N–H and O–H groups in total. The highest BCUT2D eigenvalue weighted by Gasteiger charge is 2.39. The minimum absolute atomic E-state index is 0.166. The first-order chi connectivity index (χ1) is 10.00. The summed E-state index contributed by atoms with van der Waals surface area (Å²) in [4.78, 5) is 2.28. The fourth-order valence-corrected chi connectivity index (χ4v) is 3.27. The quantitative estimate of drug-likeness (QED) is 0.658. The molecule has 0 amide bonds. The number of rotatable bonds is 9. The Morgan fingerprint density at radius 1 is 1.19 bits per heavy atom. The van der Waals surface area contributed by atoms with Gasteiger partial charge in [-0.05, 0) is 45.8 Å². The molecule has 1 rings (SSSR count). The predicted octanol–water partition coefficient (Wildman–Crippen LogP) is 4.61. The highest BCUT2D eigenvalue weighted by Crippen LogP contribution is 2.40. The van der Waals surface area contributed by atoms with Gasteiger partial charge in [-0.25, -0.2) is 0 Å². The summed E-state index contributed by atoms with van der Waals surface area (Å²) >= 11 is 0. The van der Waals surface area contributed by atoms with Gasteiger partial charge in [0.1, 0.15) is 0 Å². The molecule has 21 heavy (non-hydrogen) atoms. The molecule has 2 nitrogen and oxygen atoms in total. The van der Waals surface area contributed by atoms with Crippen LogP contribution in [0.3, 0.4) is 0 Å². The van der Waals surface area contributed by atoms with Gasteiger partial charge >= 0.3 is 0 Å². The smallest absolute Gasteiger partial charge is 0.0968 e. The third-order valence-corrected chi connectivity index (χ3v) is 4.33. The minimum atomic E-state index is -0.166. The average Bonchev–Trinajstić information content (AvgIpc) is 2.46. The Balaban J connectivity index is 3.24. The molecular formula is C19H33NO. The summed E-state index contributed by atoms with van der Waals surface area (Å²) in [5, 5.41) is 0. The molecule has 0 bridgehead atoms. The van der Waals surface area contributed by atoms with Gasteiger partial charge in [-0.3, -0.25) is 0 Å². The summed E-state index contributed by atoms with van der Waals surface area (Å²) in [6.07, 6.45) is 3.21. The zero-order valence-corrected chi connectivity index (χ0v) is 14.8. The Morgan fingerprint density at radius 2 is 1.90 bits per heavy atom. The number of aryl methyl sites for hydroxylation is 1.